The summed E-state index contributed by atoms with van der Waals surface area (Å²) in [7, 11) is 0. The van der Waals surface area contributed by atoms with Crippen molar-refractivity contribution in [3.8, 4) is 5.69 Å². The Kier molecular flexibility index (Phi) is 5.74. The molecule has 1 aliphatic carbocycles. The summed E-state index contributed by atoms with van der Waals surface area (Å²) in [6.45, 7) is 0.489. The predicted octanol–water partition coefficient (Wildman–Crippen LogP) is 3.42. The lowest BCUT2D eigenvalue weighted by molar-refractivity contribution is -0.115. The van der Waals surface area contributed by atoms with Crippen LogP contribution in [0.5, 0.6) is 0 Å². The molecule has 4 aromatic heterocycles. The highest BCUT2D eigenvalue weighted by molar-refractivity contribution is 6.30. The number of carbonyl (C=O) groups is 1. The van der Waals surface area contributed by atoms with Gasteiger partial charge in [-0.1, -0.05) is 17.7 Å². The first-order chi connectivity index (χ1) is 17.6. The number of hydrogen-bond donors (Lipinski definition) is 2. The van der Waals surface area contributed by atoms with Crippen molar-refractivity contribution in [3.63, 3.8) is 0 Å². The van der Waals surface area contributed by atoms with Gasteiger partial charge in [0.05, 0.1) is 24.3 Å². The molecule has 0 unspecified atom stereocenters. The second kappa shape index (κ2) is 9.34. The van der Waals surface area contributed by atoms with Crippen molar-refractivity contribution in [1.82, 2.24) is 39.6 Å². The van der Waals surface area contributed by atoms with E-state index in [0.29, 0.717) is 40.4 Å². The van der Waals surface area contributed by atoms with Gasteiger partial charge in [-0.05, 0) is 64.6 Å². The molecule has 0 bridgehead atoms. The number of anilines is 2. The lowest BCUT2D eigenvalue weighted by Gasteiger charge is -2.10. The summed E-state index contributed by atoms with van der Waals surface area (Å²) in [5, 5.41) is 17.8. The molecule has 5 aromatic rings. The Bertz CT molecular complexity index is 1540. The van der Waals surface area contributed by atoms with Gasteiger partial charge >= 0.3 is 0 Å². The fourth-order valence-electron chi connectivity index (χ4n) is 4.06. The minimum atomic E-state index is -0.261. The highest BCUT2D eigenvalue weighted by Gasteiger charge is 2.23. The van der Waals surface area contributed by atoms with Crippen molar-refractivity contribution < 1.29 is 4.79 Å². The van der Waals surface area contributed by atoms with Gasteiger partial charge in [-0.25, -0.2) is 19.6 Å². The van der Waals surface area contributed by atoms with Crippen LogP contribution in [0.25, 0.3) is 11.3 Å². The number of pyridine rings is 1. The minimum Gasteiger partial charge on any atom is -0.364 e. The molecule has 11 nitrogen and oxygen atoms in total. The zero-order chi connectivity index (χ0) is 24.5. The lowest BCUT2D eigenvalue weighted by atomic mass is 10.1. The van der Waals surface area contributed by atoms with E-state index in [2.05, 4.69) is 63.8 Å². The molecule has 0 radical (unpaired) electrons. The maximum absolute atomic E-state index is 12.8. The van der Waals surface area contributed by atoms with Crippen molar-refractivity contribution >= 4 is 34.8 Å². The molecule has 12 heteroatoms. The van der Waals surface area contributed by atoms with E-state index in [1.54, 1.807) is 24.3 Å². The highest BCUT2D eigenvalue weighted by Crippen LogP contribution is 2.39. The molecule has 1 aromatic carbocycles. The standard InChI is InChI=1S/C24H21ClN10O/c25-18-4-5-20(35-14-29-32-33-35)17(7-18)8-24(36)31-22-9-21(27-13-28-22)26-10-19-12-34-11-16(15-1-2-15)3-6-23(34)30-19/h3-7,9,11-15H,1-2,8,10H2,(H2,26,27,28,31,36). The molecule has 0 spiro atoms. The van der Waals surface area contributed by atoms with Crippen LogP contribution in [0.1, 0.15) is 35.6 Å². The summed E-state index contributed by atoms with van der Waals surface area (Å²) < 4.78 is 3.55. The number of imidazole rings is 1. The average molecular weight is 501 g/mol. The first kappa shape index (κ1) is 22.1. The fourth-order valence-corrected chi connectivity index (χ4v) is 4.25. The van der Waals surface area contributed by atoms with Gasteiger partial charge in [-0.2, -0.15) is 0 Å². The molecule has 1 amide bonds. The van der Waals surface area contributed by atoms with Gasteiger partial charge in [0.25, 0.3) is 0 Å². The normalized spacial score (nSPS) is 13.1. The number of aromatic nitrogens is 8. The van der Waals surface area contributed by atoms with Crippen LogP contribution in [0.4, 0.5) is 11.6 Å². The molecule has 1 aliphatic rings. The smallest absolute Gasteiger partial charge is 0.230 e. The van der Waals surface area contributed by atoms with Gasteiger partial charge < -0.3 is 15.0 Å². The summed E-state index contributed by atoms with van der Waals surface area (Å²) in [5.41, 5.74) is 4.51. The molecule has 2 N–H and O–H groups in total. The van der Waals surface area contributed by atoms with Crippen molar-refractivity contribution in [2.75, 3.05) is 10.6 Å². The number of fused-ring (bicyclic) bond motifs is 1. The van der Waals surface area contributed by atoms with Crippen molar-refractivity contribution in [2.24, 2.45) is 0 Å². The maximum atomic E-state index is 12.8. The van der Waals surface area contributed by atoms with Crippen molar-refractivity contribution in [3.05, 3.63) is 83.3 Å². The molecule has 4 heterocycles. The summed E-state index contributed by atoms with van der Waals surface area (Å²) in [6.07, 6.45) is 9.63. The van der Waals surface area contributed by atoms with Crippen molar-refractivity contribution in [2.45, 2.75) is 31.7 Å². The lowest BCUT2D eigenvalue weighted by Crippen LogP contribution is -2.17. The number of carbonyl (C=O) groups excluding carboxylic acids is 1. The molecule has 36 heavy (non-hydrogen) atoms. The van der Waals surface area contributed by atoms with Crippen molar-refractivity contribution in [1.29, 1.82) is 0 Å². The van der Waals surface area contributed by atoms with E-state index in [9.17, 15) is 4.79 Å². The zero-order valence-corrected chi connectivity index (χ0v) is 19.8. The van der Waals surface area contributed by atoms with Crippen LogP contribution in [0.15, 0.2) is 61.4 Å². The highest BCUT2D eigenvalue weighted by atomic mass is 35.5. The molecular formula is C24H21ClN10O. The topological polar surface area (TPSA) is 128 Å². The first-order valence-electron chi connectivity index (χ1n) is 11.5. The number of tetrazole rings is 1. The molecule has 180 valence electrons. The average Bonchev–Trinajstić information content (AvgIpc) is 3.41. The molecule has 6 rings (SSSR count). The fraction of sp³-hybridized carbons (Fsp3) is 0.208. The van der Waals surface area contributed by atoms with E-state index in [0.717, 1.165) is 11.3 Å². The number of nitrogens with zero attached hydrogens (tertiary/aromatic N) is 8. The summed E-state index contributed by atoms with van der Waals surface area (Å²) in [4.78, 5) is 25.9. The largest absolute Gasteiger partial charge is 0.364 e. The number of amides is 1. The molecular weight excluding hydrogens is 480 g/mol. The molecule has 1 saturated carbocycles. The molecule has 0 aliphatic heterocycles. The van der Waals surface area contributed by atoms with E-state index in [1.165, 1.54) is 35.7 Å². The van der Waals surface area contributed by atoms with Crippen LogP contribution >= 0.6 is 11.6 Å². The van der Waals surface area contributed by atoms with E-state index in [1.807, 2.05) is 6.20 Å². The monoisotopic (exact) mass is 500 g/mol. The van der Waals surface area contributed by atoms with Gasteiger partial charge in [0.15, 0.2) is 0 Å². The van der Waals surface area contributed by atoms with Crippen LogP contribution in [-0.2, 0) is 17.8 Å². The van der Waals surface area contributed by atoms with E-state index < -0.39 is 0 Å². The zero-order valence-electron chi connectivity index (χ0n) is 19.0. The second-order valence-corrected chi connectivity index (χ2v) is 9.07. The third-order valence-electron chi connectivity index (χ3n) is 5.95. The SMILES string of the molecule is O=C(Cc1cc(Cl)ccc1-n1cnnn1)Nc1cc(NCc2cn3cc(C4CC4)ccc3n2)ncn1. The van der Waals surface area contributed by atoms with Gasteiger partial charge in [-0.3, -0.25) is 4.79 Å². The summed E-state index contributed by atoms with van der Waals surface area (Å²) in [5.74, 6) is 1.39. The van der Waals surface area contributed by atoms with Crippen LogP contribution in [0, 0.1) is 0 Å². The number of benzene rings is 1. The first-order valence-corrected chi connectivity index (χ1v) is 11.8. The predicted molar refractivity (Wildman–Crippen MR) is 133 cm³/mol. The summed E-state index contributed by atoms with van der Waals surface area (Å²) in [6, 6.07) is 11.1. The third-order valence-corrected chi connectivity index (χ3v) is 6.18. The Morgan fingerprint density at radius 3 is 2.81 bits per heavy atom. The molecule has 0 saturated heterocycles. The second-order valence-electron chi connectivity index (χ2n) is 8.63. The van der Waals surface area contributed by atoms with E-state index >= 15 is 0 Å². The van der Waals surface area contributed by atoms with Gasteiger partial charge in [0.2, 0.25) is 5.91 Å². The van der Waals surface area contributed by atoms with Crippen LogP contribution in [0.3, 0.4) is 0 Å². The molecule has 0 atom stereocenters. The Labute approximate surface area is 210 Å². The van der Waals surface area contributed by atoms with Gasteiger partial charge in [0, 0.05) is 23.5 Å². The Hall–Kier alpha value is -4.38. The van der Waals surface area contributed by atoms with Crippen LogP contribution in [-0.4, -0.2) is 45.5 Å². The van der Waals surface area contributed by atoms with Crippen LogP contribution in [0.2, 0.25) is 5.02 Å². The summed E-state index contributed by atoms with van der Waals surface area (Å²) >= 11 is 6.15. The minimum absolute atomic E-state index is 0.0621. The Balaban J connectivity index is 1.11. The van der Waals surface area contributed by atoms with Gasteiger partial charge in [-0.15, -0.1) is 5.10 Å². The third kappa shape index (κ3) is 4.86. The quantitative estimate of drug-likeness (QED) is 0.331. The number of hydrogen-bond acceptors (Lipinski definition) is 8. The number of halogens is 1. The van der Waals surface area contributed by atoms with E-state index in [-0.39, 0.29) is 12.3 Å². The van der Waals surface area contributed by atoms with Crippen LogP contribution < -0.4 is 10.6 Å². The van der Waals surface area contributed by atoms with E-state index in [4.69, 9.17) is 11.6 Å². The number of rotatable bonds is 8. The number of nitrogens with one attached hydrogen (secondary N) is 2. The maximum Gasteiger partial charge on any atom is 0.230 e. The Morgan fingerprint density at radius 1 is 1.08 bits per heavy atom. The van der Waals surface area contributed by atoms with Gasteiger partial charge in [0.1, 0.15) is 29.9 Å². The Morgan fingerprint density at radius 2 is 1.97 bits per heavy atom. The molecule has 1 fully saturated rings.